The predicted octanol–water partition coefficient (Wildman–Crippen LogP) is 3.41. The molecule has 1 aromatic rings. The molecule has 1 unspecified atom stereocenters. The first-order chi connectivity index (χ1) is 7.65. The van der Waals surface area contributed by atoms with E-state index < -0.39 is 0 Å². The van der Waals surface area contributed by atoms with Crippen LogP contribution in [0.2, 0.25) is 5.02 Å². The maximum atomic E-state index is 13.0. The first kappa shape index (κ1) is 11.9. The molecule has 3 heteroatoms. The van der Waals surface area contributed by atoms with Crippen molar-refractivity contribution in [3.05, 3.63) is 34.6 Å². The van der Waals surface area contributed by atoms with E-state index in [-0.39, 0.29) is 5.82 Å². The number of nitrogens with one attached hydrogen (secondary N) is 1. The van der Waals surface area contributed by atoms with E-state index >= 15 is 0 Å². The summed E-state index contributed by atoms with van der Waals surface area (Å²) in [7, 11) is 0. The molecule has 1 fully saturated rings. The summed E-state index contributed by atoms with van der Waals surface area (Å²) in [6.07, 6.45) is 3.43. The molecule has 0 spiro atoms. The highest BCUT2D eigenvalue weighted by molar-refractivity contribution is 6.31. The van der Waals surface area contributed by atoms with E-state index in [0.29, 0.717) is 10.9 Å². The molecule has 1 aliphatic rings. The highest BCUT2D eigenvalue weighted by Crippen LogP contribution is 2.22. The average molecular weight is 242 g/mol. The number of benzene rings is 1. The van der Waals surface area contributed by atoms with Crippen LogP contribution in [0, 0.1) is 11.7 Å². The normalized spacial score (nSPS) is 17.4. The second-order valence-electron chi connectivity index (χ2n) is 4.73. The molecule has 1 N–H and O–H groups in total. The van der Waals surface area contributed by atoms with Crippen LogP contribution in [-0.2, 0) is 6.42 Å². The van der Waals surface area contributed by atoms with Crippen molar-refractivity contribution < 1.29 is 4.39 Å². The van der Waals surface area contributed by atoms with Gasteiger partial charge in [-0.2, -0.15) is 0 Å². The molecule has 0 aliphatic heterocycles. The van der Waals surface area contributed by atoms with E-state index in [4.69, 9.17) is 11.6 Å². The van der Waals surface area contributed by atoms with Crippen LogP contribution < -0.4 is 5.32 Å². The van der Waals surface area contributed by atoms with Crippen LogP contribution in [0.1, 0.15) is 25.3 Å². The van der Waals surface area contributed by atoms with Crippen molar-refractivity contribution in [2.24, 2.45) is 5.92 Å². The van der Waals surface area contributed by atoms with Gasteiger partial charge in [-0.1, -0.05) is 18.5 Å². The molecule has 0 amide bonds. The molecule has 0 saturated heterocycles. The van der Waals surface area contributed by atoms with Crippen molar-refractivity contribution in [2.75, 3.05) is 6.54 Å². The minimum atomic E-state index is -0.207. The van der Waals surface area contributed by atoms with Crippen molar-refractivity contribution in [1.29, 1.82) is 0 Å². The number of halogens is 2. The number of hydrogen-bond acceptors (Lipinski definition) is 1. The van der Waals surface area contributed by atoms with Crippen molar-refractivity contribution >= 4 is 11.6 Å². The van der Waals surface area contributed by atoms with E-state index in [9.17, 15) is 4.39 Å². The van der Waals surface area contributed by atoms with Gasteiger partial charge in [-0.3, -0.25) is 0 Å². The maximum Gasteiger partial charge on any atom is 0.123 e. The van der Waals surface area contributed by atoms with Gasteiger partial charge in [0, 0.05) is 11.1 Å². The SMILES string of the molecule is CC(CNC1CC1)Cc1cc(F)ccc1Cl. The van der Waals surface area contributed by atoms with Gasteiger partial charge in [0.25, 0.3) is 0 Å². The molecule has 16 heavy (non-hydrogen) atoms. The van der Waals surface area contributed by atoms with Crippen LogP contribution in [0.15, 0.2) is 18.2 Å². The average Bonchev–Trinajstić information content (AvgIpc) is 3.04. The van der Waals surface area contributed by atoms with Gasteiger partial charge in [-0.05, 0) is 55.5 Å². The molecular weight excluding hydrogens is 225 g/mol. The third kappa shape index (κ3) is 3.46. The molecule has 88 valence electrons. The summed E-state index contributed by atoms with van der Waals surface area (Å²) in [5, 5.41) is 4.14. The van der Waals surface area contributed by atoms with Gasteiger partial charge in [-0.15, -0.1) is 0 Å². The summed E-state index contributed by atoms with van der Waals surface area (Å²) in [5.74, 6) is 0.279. The van der Waals surface area contributed by atoms with Gasteiger partial charge in [0.15, 0.2) is 0 Å². The van der Waals surface area contributed by atoms with Crippen molar-refractivity contribution in [2.45, 2.75) is 32.2 Å². The number of rotatable bonds is 5. The lowest BCUT2D eigenvalue weighted by atomic mass is 10.0. The molecule has 0 radical (unpaired) electrons. The highest BCUT2D eigenvalue weighted by Gasteiger charge is 2.21. The third-order valence-electron chi connectivity index (χ3n) is 2.91. The summed E-state index contributed by atoms with van der Waals surface area (Å²) in [6, 6.07) is 5.30. The van der Waals surface area contributed by atoms with Gasteiger partial charge < -0.3 is 5.32 Å². The Morgan fingerprint density at radius 1 is 1.50 bits per heavy atom. The molecule has 2 rings (SSSR count). The summed E-state index contributed by atoms with van der Waals surface area (Å²) in [6.45, 7) is 3.15. The van der Waals surface area contributed by atoms with Gasteiger partial charge in [0.05, 0.1) is 0 Å². The quantitative estimate of drug-likeness (QED) is 0.833. The Labute approximate surface area is 101 Å². The Bertz CT molecular complexity index is 363. The van der Waals surface area contributed by atoms with Gasteiger partial charge in [-0.25, -0.2) is 4.39 Å². The van der Waals surface area contributed by atoms with E-state index in [0.717, 1.165) is 24.6 Å². The van der Waals surface area contributed by atoms with Crippen molar-refractivity contribution in [3.8, 4) is 0 Å². The molecule has 0 heterocycles. The number of hydrogen-bond donors (Lipinski definition) is 1. The van der Waals surface area contributed by atoms with Crippen LogP contribution in [0.25, 0.3) is 0 Å². The monoisotopic (exact) mass is 241 g/mol. The van der Waals surface area contributed by atoms with Crippen LogP contribution in [0.4, 0.5) is 4.39 Å². The summed E-state index contributed by atoms with van der Waals surface area (Å²) in [4.78, 5) is 0. The first-order valence-corrected chi connectivity index (χ1v) is 6.20. The summed E-state index contributed by atoms with van der Waals surface area (Å²) in [5.41, 5.74) is 0.909. The van der Waals surface area contributed by atoms with E-state index in [1.807, 2.05) is 0 Å². The zero-order valence-corrected chi connectivity index (χ0v) is 10.2. The second-order valence-corrected chi connectivity index (χ2v) is 5.13. The van der Waals surface area contributed by atoms with E-state index in [1.165, 1.54) is 25.0 Å². The lowest BCUT2D eigenvalue weighted by Gasteiger charge is -2.13. The first-order valence-electron chi connectivity index (χ1n) is 5.82. The zero-order chi connectivity index (χ0) is 11.5. The smallest absolute Gasteiger partial charge is 0.123 e. The van der Waals surface area contributed by atoms with Crippen LogP contribution >= 0.6 is 11.6 Å². The molecule has 1 aromatic carbocycles. The zero-order valence-electron chi connectivity index (χ0n) is 9.47. The van der Waals surface area contributed by atoms with E-state index in [1.54, 1.807) is 6.07 Å². The van der Waals surface area contributed by atoms with Crippen molar-refractivity contribution in [1.82, 2.24) is 5.32 Å². The maximum absolute atomic E-state index is 13.0. The third-order valence-corrected chi connectivity index (χ3v) is 3.28. The fraction of sp³-hybridized carbons (Fsp3) is 0.538. The van der Waals surface area contributed by atoms with Gasteiger partial charge in [0.2, 0.25) is 0 Å². The van der Waals surface area contributed by atoms with E-state index in [2.05, 4.69) is 12.2 Å². The predicted molar refractivity (Wildman–Crippen MR) is 65.3 cm³/mol. The van der Waals surface area contributed by atoms with Crippen LogP contribution in [0.5, 0.6) is 0 Å². The van der Waals surface area contributed by atoms with Gasteiger partial charge >= 0.3 is 0 Å². The standard InChI is InChI=1S/C13H17ClFN/c1-9(8-16-12-3-4-12)6-10-7-11(15)2-5-13(10)14/h2,5,7,9,12,16H,3-4,6,8H2,1H3. The largest absolute Gasteiger partial charge is 0.314 e. The summed E-state index contributed by atoms with van der Waals surface area (Å²) >= 11 is 6.03. The molecule has 1 saturated carbocycles. The minimum absolute atomic E-state index is 0.207. The molecular formula is C13H17ClFN. The fourth-order valence-electron chi connectivity index (χ4n) is 1.80. The highest BCUT2D eigenvalue weighted by atomic mass is 35.5. The van der Waals surface area contributed by atoms with Gasteiger partial charge in [0.1, 0.15) is 5.82 Å². The summed E-state index contributed by atoms with van der Waals surface area (Å²) < 4.78 is 13.0. The van der Waals surface area contributed by atoms with Crippen molar-refractivity contribution in [3.63, 3.8) is 0 Å². The lowest BCUT2D eigenvalue weighted by Crippen LogP contribution is -2.24. The lowest BCUT2D eigenvalue weighted by molar-refractivity contribution is 0.507. The Hall–Kier alpha value is -0.600. The van der Waals surface area contributed by atoms with Crippen LogP contribution in [-0.4, -0.2) is 12.6 Å². The molecule has 0 bridgehead atoms. The minimum Gasteiger partial charge on any atom is -0.314 e. The molecule has 1 aliphatic carbocycles. The Kier molecular flexibility index (Phi) is 3.82. The molecule has 0 aromatic heterocycles. The Morgan fingerprint density at radius 3 is 2.94 bits per heavy atom. The Balaban J connectivity index is 1.88. The topological polar surface area (TPSA) is 12.0 Å². The fourth-order valence-corrected chi connectivity index (χ4v) is 2.00. The second kappa shape index (κ2) is 5.15. The molecule has 1 nitrogen and oxygen atoms in total. The Morgan fingerprint density at radius 2 is 2.25 bits per heavy atom. The van der Waals surface area contributed by atoms with Crippen LogP contribution in [0.3, 0.4) is 0 Å². The molecule has 1 atom stereocenters.